The predicted octanol–water partition coefficient (Wildman–Crippen LogP) is 4.54. The first-order valence-corrected chi connectivity index (χ1v) is 6.13. The highest BCUT2D eigenvalue weighted by atomic mass is 19.4. The molecule has 22 heavy (non-hydrogen) atoms. The Bertz CT molecular complexity index is 704. The highest BCUT2D eigenvalue weighted by Crippen LogP contribution is 2.33. The van der Waals surface area contributed by atoms with Gasteiger partial charge in [-0.25, -0.2) is 8.78 Å². The zero-order valence-corrected chi connectivity index (χ0v) is 11.3. The van der Waals surface area contributed by atoms with Crippen LogP contribution < -0.4 is 5.32 Å². The highest BCUT2D eigenvalue weighted by molar-refractivity contribution is 6.04. The highest BCUT2D eigenvalue weighted by Gasteiger charge is 2.32. The van der Waals surface area contributed by atoms with Gasteiger partial charge in [0.15, 0.2) is 0 Å². The third-order valence-electron chi connectivity index (χ3n) is 2.99. The number of hydrogen-bond acceptors (Lipinski definition) is 1. The fraction of sp³-hybridized carbons (Fsp3) is 0.133. The first-order chi connectivity index (χ1) is 10.2. The molecule has 2 rings (SSSR count). The maximum Gasteiger partial charge on any atom is 0.416 e. The van der Waals surface area contributed by atoms with Crippen molar-refractivity contribution in [2.75, 3.05) is 5.32 Å². The summed E-state index contributed by atoms with van der Waals surface area (Å²) in [5.74, 6) is -3.35. The quantitative estimate of drug-likeness (QED) is 0.810. The van der Waals surface area contributed by atoms with Crippen LogP contribution in [0.2, 0.25) is 0 Å². The molecule has 0 saturated carbocycles. The topological polar surface area (TPSA) is 29.1 Å². The van der Waals surface area contributed by atoms with E-state index in [2.05, 4.69) is 5.32 Å². The van der Waals surface area contributed by atoms with Gasteiger partial charge in [0.1, 0.15) is 17.2 Å². The lowest BCUT2D eigenvalue weighted by Gasteiger charge is -2.13. The van der Waals surface area contributed by atoms with E-state index in [4.69, 9.17) is 0 Å². The van der Waals surface area contributed by atoms with Crippen LogP contribution in [0.1, 0.15) is 21.5 Å². The second-order valence-corrected chi connectivity index (χ2v) is 4.58. The molecular weight excluding hydrogens is 305 g/mol. The molecule has 2 nitrogen and oxygen atoms in total. The van der Waals surface area contributed by atoms with E-state index in [9.17, 15) is 26.7 Å². The van der Waals surface area contributed by atoms with Crippen molar-refractivity contribution in [1.29, 1.82) is 0 Å². The molecule has 0 unspecified atom stereocenters. The molecule has 1 amide bonds. The number of nitrogens with one attached hydrogen (secondary N) is 1. The van der Waals surface area contributed by atoms with Gasteiger partial charge in [-0.05, 0) is 36.8 Å². The van der Waals surface area contributed by atoms with Gasteiger partial charge in [0.2, 0.25) is 0 Å². The number of amides is 1. The lowest BCUT2D eigenvalue weighted by molar-refractivity contribution is -0.138. The molecule has 7 heteroatoms. The minimum atomic E-state index is -4.59. The van der Waals surface area contributed by atoms with Crippen molar-refractivity contribution in [3.63, 3.8) is 0 Å². The van der Waals surface area contributed by atoms with Crippen molar-refractivity contribution in [3.05, 3.63) is 64.7 Å². The van der Waals surface area contributed by atoms with Crippen LogP contribution in [-0.2, 0) is 6.18 Å². The zero-order chi connectivity index (χ0) is 16.5. The van der Waals surface area contributed by atoms with Gasteiger partial charge in [0.05, 0.1) is 5.56 Å². The van der Waals surface area contributed by atoms with Gasteiger partial charge in [0.25, 0.3) is 5.91 Å². The third kappa shape index (κ3) is 3.24. The molecule has 116 valence electrons. The summed E-state index contributed by atoms with van der Waals surface area (Å²) in [5.41, 5.74) is -2.01. The van der Waals surface area contributed by atoms with Gasteiger partial charge < -0.3 is 5.32 Å². The molecule has 2 aromatic carbocycles. The molecule has 0 fully saturated rings. The molecule has 1 N–H and O–H groups in total. The summed E-state index contributed by atoms with van der Waals surface area (Å²) in [4.78, 5) is 11.8. The monoisotopic (exact) mass is 315 g/mol. The van der Waals surface area contributed by atoms with E-state index in [-0.39, 0.29) is 11.3 Å². The Hall–Kier alpha value is -2.44. The Morgan fingerprint density at radius 1 is 1.05 bits per heavy atom. The summed E-state index contributed by atoms with van der Waals surface area (Å²) in [6, 6.07) is 5.95. The lowest BCUT2D eigenvalue weighted by atomic mass is 10.1. The maximum atomic E-state index is 13.5. The third-order valence-corrected chi connectivity index (χ3v) is 2.99. The van der Waals surface area contributed by atoms with Crippen molar-refractivity contribution < 1.29 is 26.7 Å². The van der Waals surface area contributed by atoms with Crippen molar-refractivity contribution in [1.82, 2.24) is 0 Å². The molecule has 0 spiro atoms. The van der Waals surface area contributed by atoms with Crippen molar-refractivity contribution in [2.24, 2.45) is 0 Å². The summed E-state index contributed by atoms with van der Waals surface area (Å²) >= 11 is 0. The van der Waals surface area contributed by atoms with Crippen molar-refractivity contribution in [3.8, 4) is 0 Å². The van der Waals surface area contributed by atoms with Crippen LogP contribution in [0.25, 0.3) is 0 Å². The van der Waals surface area contributed by atoms with E-state index < -0.39 is 34.8 Å². The van der Waals surface area contributed by atoms with Crippen LogP contribution in [0.5, 0.6) is 0 Å². The number of anilines is 1. The van der Waals surface area contributed by atoms with E-state index in [0.717, 1.165) is 24.3 Å². The van der Waals surface area contributed by atoms with E-state index in [1.807, 2.05) is 0 Å². The Kier molecular flexibility index (Phi) is 4.16. The lowest BCUT2D eigenvalue weighted by Crippen LogP contribution is -2.17. The van der Waals surface area contributed by atoms with Gasteiger partial charge in [-0.2, -0.15) is 13.2 Å². The number of benzene rings is 2. The molecule has 0 aliphatic rings. The molecule has 0 aliphatic heterocycles. The van der Waals surface area contributed by atoms with E-state index in [0.29, 0.717) is 6.07 Å². The first kappa shape index (κ1) is 15.9. The van der Waals surface area contributed by atoms with Crippen molar-refractivity contribution >= 4 is 11.6 Å². The standard InChI is InChI=1S/C15H10F5NO/c1-8-5-6-9(7-10(8)15(18,19)20)21-14(22)13-11(16)3-2-4-12(13)17/h2-7H,1H3,(H,21,22). The predicted molar refractivity (Wildman–Crippen MR) is 70.5 cm³/mol. The Balaban J connectivity index is 2.34. The minimum absolute atomic E-state index is 0.0254. The average Bonchev–Trinajstić information content (AvgIpc) is 2.39. The van der Waals surface area contributed by atoms with Gasteiger partial charge in [-0.15, -0.1) is 0 Å². The molecule has 2 aromatic rings. The molecular formula is C15H10F5NO. The molecule has 0 saturated heterocycles. The number of rotatable bonds is 2. The number of carbonyl (C=O) groups is 1. The maximum absolute atomic E-state index is 13.5. The number of alkyl halides is 3. The van der Waals surface area contributed by atoms with E-state index in [1.165, 1.54) is 13.0 Å². The first-order valence-electron chi connectivity index (χ1n) is 6.13. The molecule has 0 radical (unpaired) electrons. The second kappa shape index (κ2) is 5.75. The SMILES string of the molecule is Cc1ccc(NC(=O)c2c(F)cccc2F)cc1C(F)(F)F. The normalized spacial score (nSPS) is 11.4. The molecule has 0 heterocycles. The number of carbonyl (C=O) groups excluding carboxylic acids is 1. The fourth-order valence-corrected chi connectivity index (χ4v) is 1.91. The van der Waals surface area contributed by atoms with Crippen LogP contribution in [0, 0.1) is 18.6 Å². The van der Waals surface area contributed by atoms with Crippen LogP contribution in [-0.4, -0.2) is 5.91 Å². The smallest absolute Gasteiger partial charge is 0.322 e. The average molecular weight is 315 g/mol. The van der Waals surface area contributed by atoms with E-state index >= 15 is 0 Å². The summed E-state index contributed by atoms with van der Waals surface area (Å²) in [6.07, 6.45) is -4.59. The summed E-state index contributed by atoms with van der Waals surface area (Å²) in [5, 5.41) is 2.06. The summed E-state index contributed by atoms with van der Waals surface area (Å²) < 4.78 is 65.3. The summed E-state index contributed by atoms with van der Waals surface area (Å²) in [6.45, 7) is 1.27. The Morgan fingerprint density at radius 2 is 1.64 bits per heavy atom. The Morgan fingerprint density at radius 3 is 2.18 bits per heavy atom. The summed E-state index contributed by atoms with van der Waals surface area (Å²) in [7, 11) is 0. The van der Waals surface area contributed by atoms with Crippen LogP contribution in [0.3, 0.4) is 0 Å². The second-order valence-electron chi connectivity index (χ2n) is 4.58. The largest absolute Gasteiger partial charge is 0.416 e. The molecule has 0 aromatic heterocycles. The van der Waals surface area contributed by atoms with Crippen LogP contribution >= 0.6 is 0 Å². The van der Waals surface area contributed by atoms with Gasteiger partial charge >= 0.3 is 6.18 Å². The van der Waals surface area contributed by atoms with E-state index in [1.54, 1.807) is 0 Å². The van der Waals surface area contributed by atoms with Gasteiger partial charge in [-0.1, -0.05) is 12.1 Å². The number of aryl methyl sites for hydroxylation is 1. The van der Waals surface area contributed by atoms with Crippen molar-refractivity contribution in [2.45, 2.75) is 13.1 Å². The Labute approximate surface area is 122 Å². The molecule has 0 atom stereocenters. The molecule has 0 bridgehead atoms. The number of hydrogen-bond donors (Lipinski definition) is 1. The zero-order valence-electron chi connectivity index (χ0n) is 11.3. The molecule has 0 aliphatic carbocycles. The minimum Gasteiger partial charge on any atom is -0.322 e. The fourth-order valence-electron chi connectivity index (χ4n) is 1.91. The van der Waals surface area contributed by atoms with Gasteiger partial charge in [-0.3, -0.25) is 4.79 Å². The van der Waals surface area contributed by atoms with Gasteiger partial charge in [0, 0.05) is 5.69 Å². The van der Waals surface area contributed by atoms with Crippen LogP contribution in [0.15, 0.2) is 36.4 Å². The van der Waals surface area contributed by atoms with Crippen LogP contribution in [0.4, 0.5) is 27.6 Å². The number of halogens is 5.